The maximum absolute atomic E-state index is 12.7. The van der Waals surface area contributed by atoms with Gasteiger partial charge in [-0.15, -0.1) is 0 Å². The van der Waals surface area contributed by atoms with Crippen molar-refractivity contribution in [1.82, 2.24) is 4.90 Å². The molecule has 1 aromatic carbocycles. The van der Waals surface area contributed by atoms with E-state index in [1.54, 1.807) is 17.9 Å². The molecule has 0 fully saturated rings. The summed E-state index contributed by atoms with van der Waals surface area (Å²) in [6.07, 6.45) is 0.720. The number of anilines is 1. The van der Waals surface area contributed by atoms with E-state index in [4.69, 9.17) is 0 Å². The van der Waals surface area contributed by atoms with Gasteiger partial charge in [-0.2, -0.15) is 0 Å². The van der Waals surface area contributed by atoms with Gasteiger partial charge < -0.3 is 4.90 Å². The van der Waals surface area contributed by atoms with Crippen molar-refractivity contribution in [1.29, 1.82) is 0 Å². The van der Waals surface area contributed by atoms with Crippen LogP contribution in [-0.4, -0.2) is 35.7 Å². The average molecular weight is 300 g/mol. The lowest BCUT2D eigenvalue weighted by Gasteiger charge is -2.27. The minimum absolute atomic E-state index is 0.0187. The Bertz CT molecular complexity index is 701. The Morgan fingerprint density at radius 2 is 1.86 bits per heavy atom. The molecule has 0 N–H and O–H groups in total. The van der Waals surface area contributed by atoms with E-state index in [1.165, 1.54) is 4.90 Å². The molecule has 2 heterocycles. The normalized spacial score (nSPS) is 17.1. The van der Waals surface area contributed by atoms with Gasteiger partial charge in [0.25, 0.3) is 11.8 Å². The Morgan fingerprint density at radius 1 is 1.18 bits per heavy atom. The number of imide groups is 1. The molecule has 0 aliphatic carbocycles. The van der Waals surface area contributed by atoms with Crippen molar-refractivity contribution in [2.75, 3.05) is 18.0 Å². The predicted octanol–water partition coefficient (Wildman–Crippen LogP) is 2.24. The first kappa shape index (κ1) is 14.8. The molecule has 0 radical (unpaired) electrons. The van der Waals surface area contributed by atoms with Gasteiger partial charge in [-0.05, 0) is 25.0 Å². The van der Waals surface area contributed by atoms with Crippen molar-refractivity contribution >= 4 is 23.4 Å². The van der Waals surface area contributed by atoms with E-state index >= 15 is 0 Å². The third kappa shape index (κ3) is 1.88. The van der Waals surface area contributed by atoms with Crippen molar-refractivity contribution in [2.24, 2.45) is 5.41 Å². The Morgan fingerprint density at radius 3 is 2.45 bits per heavy atom. The zero-order valence-corrected chi connectivity index (χ0v) is 13.4. The first-order chi connectivity index (χ1) is 10.3. The minimum Gasteiger partial charge on any atom is -0.311 e. The molecule has 0 saturated heterocycles. The molecule has 5 heteroatoms. The number of fused-ring (bicyclic) bond motifs is 3. The van der Waals surface area contributed by atoms with Crippen LogP contribution in [0.15, 0.2) is 12.1 Å². The minimum atomic E-state index is -0.527. The fourth-order valence-electron chi connectivity index (χ4n) is 3.15. The summed E-state index contributed by atoms with van der Waals surface area (Å²) >= 11 is 0. The van der Waals surface area contributed by atoms with Crippen molar-refractivity contribution in [3.05, 3.63) is 28.8 Å². The first-order valence-corrected chi connectivity index (χ1v) is 7.61. The second-order valence-corrected chi connectivity index (χ2v) is 6.81. The fraction of sp³-hybridized carbons (Fsp3) is 0.471. The van der Waals surface area contributed by atoms with E-state index in [-0.39, 0.29) is 17.7 Å². The summed E-state index contributed by atoms with van der Waals surface area (Å²) in [6.45, 7) is 8.27. The maximum Gasteiger partial charge on any atom is 0.263 e. The number of rotatable bonds is 1. The largest absolute Gasteiger partial charge is 0.311 e. The molecular weight excluding hydrogens is 280 g/mol. The molecule has 0 bridgehead atoms. The van der Waals surface area contributed by atoms with Gasteiger partial charge in [0.15, 0.2) is 0 Å². The van der Waals surface area contributed by atoms with E-state index in [1.807, 2.05) is 26.8 Å². The lowest BCUT2D eigenvalue weighted by Crippen LogP contribution is -2.39. The van der Waals surface area contributed by atoms with Crippen LogP contribution in [-0.2, 0) is 11.2 Å². The molecule has 0 unspecified atom stereocenters. The summed E-state index contributed by atoms with van der Waals surface area (Å²) in [6, 6.07) is 3.59. The van der Waals surface area contributed by atoms with Gasteiger partial charge in [0.2, 0.25) is 5.91 Å². The molecule has 116 valence electrons. The van der Waals surface area contributed by atoms with E-state index < -0.39 is 5.41 Å². The number of benzene rings is 1. The summed E-state index contributed by atoms with van der Waals surface area (Å²) in [5.41, 5.74) is 1.90. The summed E-state index contributed by atoms with van der Waals surface area (Å²) < 4.78 is 0. The molecule has 0 spiro atoms. The number of amides is 3. The quantitative estimate of drug-likeness (QED) is 0.747. The summed E-state index contributed by atoms with van der Waals surface area (Å²) in [5, 5.41) is 0. The van der Waals surface area contributed by atoms with Crippen LogP contribution in [0.4, 0.5) is 5.69 Å². The molecular formula is C17H20N2O3. The van der Waals surface area contributed by atoms with Gasteiger partial charge in [-0.25, -0.2) is 0 Å². The van der Waals surface area contributed by atoms with E-state index in [0.29, 0.717) is 29.9 Å². The molecule has 2 aliphatic rings. The van der Waals surface area contributed by atoms with Gasteiger partial charge >= 0.3 is 0 Å². The smallest absolute Gasteiger partial charge is 0.263 e. The fourth-order valence-corrected chi connectivity index (χ4v) is 3.15. The second kappa shape index (κ2) is 4.66. The van der Waals surface area contributed by atoms with E-state index in [0.717, 1.165) is 12.0 Å². The molecule has 0 saturated carbocycles. The topological polar surface area (TPSA) is 57.7 Å². The van der Waals surface area contributed by atoms with Gasteiger partial charge in [0.05, 0.1) is 16.8 Å². The van der Waals surface area contributed by atoms with Crippen molar-refractivity contribution in [3.8, 4) is 0 Å². The van der Waals surface area contributed by atoms with Crippen molar-refractivity contribution < 1.29 is 14.4 Å². The molecule has 3 rings (SSSR count). The van der Waals surface area contributed by atoms with Crippen LogP contribution in [0.5, 0.6) is 0 Å². The van der Waals surface area contributed by atoms with Crippen molar-refractivity contribution in [2.45, 2.75) is 34.1 Å². The monoisotopic (exact) mass is 300 g/mol. The van der Waals surface area contributed by atoms with Crippen molar-refractivity contribution in [3.63, 3.8) is 0 Å². The van der Waals surface area contributed by atoms with Crippen LogP contribution in [0, 0.1) is 5.41 Å². The predicted molar refractivity (Wildman–Crippen MR) is 83.0 cm³/mol. The molecule has 22 heavy (non-hydrogen) atoms. The number of hydrogen-bond acceptors (Lipinski definition) is 3. The first-order valence-electron chi connectivity index (χ1n) is 7.61. The van der Waals surface area contributed by atoms with Gasteiger partial charge in [-0.3, -0.25) is 19.3 Å². The highest BCUT2D eigenvalue weighted by Crippen LogP contribution is 2.40. The summed E-state index contributed by atoms with van der Waals surface area (Å²) in [5.74, 6) is -0.567. The van der Waals surface area contributed by atoms with Gasteiger partial charge in [0.1, 0.15) is 0 Å². The molecule has 0 atom stereocenters. The second-order valence-electron chi connectivity index (χ2n) is 6.81. The number of carbonyl (C=O) groups is 3. The lowest BCUT2D eigenvalue weighted by atomic mass is 9.94. The Hall–Kier alpha value is -2.17. The third-order valence-electron chi connectivity index (χ3n) is 4.27. The van der Waals surface area contributed by atoms with Gasteiger partial charge in [-0.1, -0.05) is 26.8 Å². The highest BCUT2D eigenvalue weighted by Gasteiger charge is 2.42. The molecule has 1 aromatic rings. The lowest BCUT2D eigenvalue weighted by molar-refractivity contribution is -0.125. The number of nitrogens with zero attached hydrogens (tertiary/aromatic N) is 2. The van der Waals surface area contributed by atoms with E-state index in [9.17, 15) is 14.4 Å². The highest BCUT2D eigenvalue weighted by molar-refractivity contribution is 6.25. The average Bonchev–Trinajstić information content (AvgIpc) is 2.97. The van der Waals surface area contributed by atoms with Crippen LogP contribution in [0.25, 0.3) is 0 Å². The molecule has 3 amide bonds. The SMILES string of the molecule is CCN1C(=O)c2ccc3c(c2C1=O)N(C(=O)C(C)(C)C)CC3. The zero-order valence-electron chi connectivity index (χ0n) is 13.4. The molecule has 2 aliphatic heterocycles. The third-order valence-corrected chi connectivity index (χ3v) is 4.27. The number of carbonyl (C=O) groups excluding carboxylic acids is 3. The van der Waals surface area contributed by atoms with Crippen LogP contribution in [0.3, 0.4) is 0 Å². The summed E-state index contributed by atoms with van der Waals surface area (Å²) in [7, 11) is 0. The zero-order chi connectivity index (χ0) is 16.2. The van der Waals surface area contributed by atoms with Crippen LogP contribution in [0.1, 0.15) is 54.0 Å². The Balaban J connectivity index is 2.16. The van der Waals surface area contributed by atoms with Crippen LogP contribution >= 0.6 is 0 Å². The maximum atomic E-state index is 12.7. The van der Waals surface area contributed by atoms with Crippen LogP contribution < -0.4 is 4.90 Å². The van der Waals surface area contributed by atoms with Crippen LogP contribution in [0.2, 0.25) is 0 Å². The van der Waals surface area contributed by atoms with E-state index in [2.05, 4.69) is 0 Å². The number of hydrogen-bond donors (Lipinski definition) is 0. The molecule has 0 aromatic heterocycles. The highest BCUT2D eigenvalue weighted by atomic mass is 16.2. The summed E-state index contributed by atoms with van der Waals surface area (Å²) in [4.78, 5) is 40.5. The standard InChI is InChI=1S/C17H20N2O3/c1-5-18-14(20)11-7-6-10-8-9-19(16(22)17(2,3)4)13(10)12(11)15(18)21/h6-7H,5,8-9H2,1-4H3. The Kier molecular flexibility index (Phi) is 3.13. The van der Waals surface area contributed by atoms with Gasteiger partial charge in [0, 0.05) is 18.5 Å². The molecule has 5 nitrogen and oxygen atoms in total. The Labute approximate surface area is 129 Å².